The van der Waals surface area contributed by atoms with Gasteiger partial charge in [-0.05, 0) is 18.4 Å². The molecule has 0 aliphatic rings. The molecular formula is C12H15N5OS. The quantitative estimate of drug-likeness (QED) is 0.439. The highest BCUT2D eigenvalue weighted by Crippen LogP contribution is 2.33. The number of rotatable bonds is 5. The highest BCUT2D eigenvalue weighted by molar-refractivity contribution is 7.98. The zero-order valence-corrected chi connectivity index (χ0v) is 11.5. The third-order valence-corrected chi connectivity index (χ3v) is 3.30. The largest absolute Gasteiger partial charge is 0.490 e. The number of hydrazine groups is 1. The van der Waals surface area contributed by atoms with Crippen LogP contribution in [0, 0.1) is 0 Å². The molecule has 0 bridgehead atoms. The molecule has 0 saturated carbocycles. The minimum Gasteiger partial charge on any atom is -0.490 e. The van der Waals surface area contributed by atoms with Crippen LogP contribution in [0.4, 0.5) is 17.3 Å². The lowest BCUT2D eigenvalue weighted by Crippen LogP contribution is -2.11. The molecule has 0 radical (unpaired) electrons. The Bertz CT molecular complexity index is 564. The van der Waals surface area contributed by atoms with Crippen LogP contribution in [0.15, 0.2) is 35.5 Å². The van der Waals surface area contributed by atoms with Gasteiger partial charge in [-0.25, -0.2) is 15.8 Å². The number of methoxy groups -OCH3 is 1. The lowest BCUT2D eigenvalue weighted by Gasteiger charge is -2.14. The molecular weight excluding hydrogens is 262 g/mol. The SMILES string of the molecule is COc1c(NN)ncnc1Nc1ccccc1SC. The number of ether oxygens (including phenoxy) is 1. The fourth-order valence-corrected chi connectivity index (χ4v) is 2.19. The second kappa shape index (κ2) is 6.26. The van der Waals surface area contributed by atoms with Gasteiger partial charge in [-0.15, -0.1) is 11.8 Å². The number of nitrogens with zero attached hydrogens (tertiary/aromatic N) is 2. The van der Waals surface area contributed by atoms with E-state index in [0.29, 0.717) is 17.4 Å². The number of anilines is 3. The Morgan fingerprint density at radius 1 is 1.21 bits per heavy atom. The summed E-state index contributed by atoms with van der Waals surface area (Å²) in [6.45, 7) is 0. The lowest BCUT2D eigenvalue weighted by molar-refractivity contribution is 0.415. The summed E-state index contributed by atoms with van der Waals surface area (Å²) in [4.78, 5) is 9.29. The van der Waals surface area contributed by atoms with Crippen LogP contribution in [0.5, 0.6) is 5.75 Å². The fraction of sp³-hybridized carbons (Fsp3) is 0.167. The Kier molecular flexibility index (Phi) is 4.43. The summed E-state index contributed by atoms with van der Waals surface area (Å²) >= 11 is 1.65. The summed E-state index contributed by atoms with van der Waals surface area (Å²) in [6, 6.07) is 7.95. The summed E-state index contributed by atoms with van der Waals surface area (Å²) in [6.07, 6.45) is 3.44. The maximum atomic E-state index is 5.39. The molecule has 0 unspecified atom stereocenters. The Labute approximate surface area is 115 Å². The summed E-state index contributed by atoms with van der Waals surface area (Å²) in [5.74, 6) is 6.86. The van der Waals surface area contributed by atoms with Gasteiger partial charge in [-0.3, -0.25) is 0 Å². The van der Waals surface area contributed by atoms with E-state index in [1.807, 2.05) is 30.5 Å². The number of aromatic nitrogens is 2. The number of nitrogens with one attached hydrogen (secondary N) is 2. The molecule has 0 atom stereocenters. The van der Waals surface area contributed by atoms with Crippen molar-refractivity contribution in [2.75, 3.05) is 24.1 Å². The van der Waals surface area contributed by atoms with E-state index in [9.17, 15) is 0 Å². The third kappa shape index (κ3) is 2.88. The van der Waals surface area contributed by atoms with Crippen molar-refractivity contribution in [2.24, 2.45) is 5.84 Å². The van der Waals surface area contributed by atoms with Gasteiger partial charge in [-0.1, -0.05) is 12.1 Å². The van der Waals surface area contributed by atoms with Crippen molar-refractivity contribution in [1.29, 1.82) is 0 Å². The van der Waals surface area contributed by atoms with E-state index >= 15 is 0 Å². The van der Waals surface area contributed by atoms with Gasteiger partial charge in [-0.2, -0.15) is 0 Å². The number of thioether (sulfide) groups is 1. The molecule has 19 heavy (non-hydrogen) atoms. The molecule has 0 spiro atoms. The first-order valence-corrected chi connectivity index (χ1v) is 6.78. The number of hydrogen-bond acceptors (Lipinski definition) is 7. The zero-order chi connectivity index (χ0) is 13.7. The molecule has 1 aromatic carbocycles. The van der Waals surface area contributed by atoms with Crippen molar-refractivity contribution in [3.63, 3.8) is 0 Å². The first kappa shape index (κ1) is 13.4. The summed E-state index contributed by atoms with van der Waals surface area (Å²) in [5.41, 5.74) is 3.43. The van der Waals surface area contributed by atoms with Crippen LogP contribution in [0.2, 0.25) is 0 Å². The van der Waals surface area contributed by atoms with Crippen LogP contribution in [0.3, 0.4) is 0 Å². The molecule has 0 saturated heterocycles. The molecule has 0 amide bonds. The average molecular weight is 277 g/mol. The van der Waals surface area contributed by atoms with Crippen molar-refractivity contribution in [3.8, 4) is 5.75 Å². The maximum absolute atomic E-state index is 5.39. The van der Waals surface area contributed by atoms with E-state index in [-0.39, 0.29) is 0 Å². The summed E-state index contributed by atoms with van der Waals surface area (Å²) < 4.78 is 5.28. The zero-order valence-electron chi connectivity index (χ0n) is 10.7. The Morgan fingerprint density at radius 2 is 1.95 bits per heavy atom. The fourth-order valence-electron chi connectivity index (χ4n) is 1.63. The van der Waals surface area contributed by atoms with Gasteiger partial charge in [0, 0.05) is 4.90 Å². The second-order valence-electron chi connectivity index (χ2n) is 3.57. The van der Waals surface area contributed by atoms with Crippen molar-refractivity contribution >= 4 is 29.1 Å². The molecule has 0 aliphatic carbocycles. The van der Waals surface area contributed by atoms with E-state index in [2.05, 4.69) is 20.7 Å². The molecule has 2 rings (SSSR count). The van der Waals surface area contributed by atoms with E-state index in [4.69, 9.17) is 10.6 Å². The first-order valence-electron chi connectivity index (χ1n) is 5.55. The Morgan fingerprint density at radius 3 is 2.63 bits per heavy atom. The minimum absolute atomic E-state index is 0.432. The van der Waals surface area contributed by atoms with Crippen molar-refractivity contribution in [1.82, 2.24) is 9.97 Å². The van der Waals surface area contributed by atoms with Crippen LogP contribution in [-0.2, 0) is 0 Å². The maximum Gasteiger partial charge on any atom is 0.205 e. The van der Waals surface area contributed by atoms with Gasteiger partial charge in [0.15, 0.2) is 11.6 Å². The standard InChI is InChI=1S/C12H15N5OS/c1-18-10-11(14-7-15-12(10)17-13)16-8-5-3-4-6-9(8)19-2/h3-7H,13H2,1-2H3,(H2,14,15,16,17). The van der Waals surface area contributed by atoms with Crippen LogP contribution in [-0.4, -0.2) is 23.3 Å². The van der Waals surface area contributed by atoms with Crippen molar-refractivity contribution < 1.29 is 4.74 Å². The smallest absolute Gasteiger partial charge is 0.205 e. The molecule has 1 aromatic heterocycles. The van der Waals surface area contributed by atoms with E-state index < -0.39 is 0 Å². The predicted octanol–water partition coefficient (Wildman–Crippen LogP) is 2.24. The summed E-state index contributed by atoms with van der Waals surface area (Å²) in [7, 11) is 1.55. The Balaban J connectivity index is 2.38. The highest BCUT2D eigenvalue weighted by atomic mass is 32.2. The van der Waals surface area contributed by atoms with Gasteiger partial charge >= 0.3 is 0 Å². The highest BCUT2D eigenvalue weighted by Gasteiger charge is 2.12. The normalized spacial score (nSPS) is 10.1. The van der Waals surface area contributed by atoms with Gasteiger partial charge in [0.05, 0.1) is 12.8 Å². The van der Waals surface area contributed by atoms with E-state index in [0.717, 1.165) is 10.6 Å². The van der Waals surface area contributed by atoms with Crippen LogP contribution in [0.1, 0.15) is 0 Å². The number of nitrogen functional groups attached to an aromatic ring is 1. The molecule has 1 heterocycles. The van der Waals surface area contributed by atoms with Crippen LogP contribution < -0.4 is 21.3 Å². The number of para-hydroxylation sites is 1. The third-order valence-electron chi connectivity index (χ3n) is 2.50. The molecule has 2 aromatic rings. The first-order chi connectivity index (χ1) is 9.30. The molecule has 6 nitrogen and oxygen atoms in total. The van der Waals surface area contributed by atoms with Crippen molar-refractivity contribution in [3.05, 3.63) is 30.6 Å². The van der Waals surface area contributed by atoms with Gasteiger partial charge in [0.25, 0.3) is 0 Å². The van der Waals surface area contributed by atoms with Crippen molar-refractivity contribution in [2.45, 2.75) is 4.90 Å². The van der Waals surface area contributed by atoms with Gasteiger partial charge in [0.2, 0.25) is 5.75 Å². The Hall–Kier alpha value is -1.99. The predicted molar refractivity (Wildman–Crippen MR) is 77.9 cm³/mol. The molecule has 0 aliphatic heterocycles. The molecule has 7 heteroatoms. The summed E-state index contributed by atoms with van der Waals surface area (Å²) in [5, 5.41) is 3.23. The number of nitrogens with two attached hydrogens (primary N) is 1. The molecule has 0 fully saturated rings. The van der Waals surface area contributed by atoms with Gasteiger partial charge in [0.1, 0.15) is 6.33 Å². The number of hydrogen-bond donors (Lipinski definition) is 3. The second-order valence-corrected chi connectivity index (χ2v) is 4.42. The molecule has 100 valence electrons. The van der Waals surface area contributed by atoms with Gasteiger partial charge < -0.3 is 15.5 Å². The monoisotopic (exact) mass is 277 g/mol. The molecule has 4 N–H and O–H groups in total. The van der Waals surface area contributed by atoms with Crippen LogP contribution in [0.25, 0.3) is 0 Å². The van der Waals surface area contributed by atoms with E-state index in [1.54, 1.807) is 18.9 Å². The van der Waals surface area contributed by atoms with E-state index in [1.165, 1.54) is 6.33 Å². The average Bonchev–Trinajstić information content (AvgIpc) is 2.47. The number of benzene rings is 1. The lowest BCUT2D eigenvalue weighted by atomic mass is 10.3. The topological polar surface area (TPSA) is 85.1 Å². The van der Waals surface area contributed by atoms with Crippen LogP contribution >= 0.6 is 11.8 Å². The minimum atomic E-state index is 0.432.